The van der Waals surface area contributed by atoms with Crippen molar-refractivity contribution in [1.82, 2.24) is 4.90 Å². The Balaban J connectivity index is 1.95. The lowest BCUT2D eigenvalue weighted by atomic mass is 9.87. The van der Waals surface area contributed by atoms with E-state index in [2.05, 4.69) is 18.7 Å². The van der Waals surface area contributed by atoms with E-state index < -0.39 is 0 Å². The zero-order chi connectivity index (χ0) is 12.5. The van der Waals surface area contributed by atoms with Gasteiger partial charge in [-0.25, -0.2) is 0 Å². The Kier molecular flexibility index (Phi) is 7.82. The van der Waals surface area contributed by atoms with Gasteiger partial charge in [0.1, 0.15) is 0 Å². The van der Waals surface area contributed by atoms with Crippen molar-refractivity contribution in [2.45, 2.75) is 39.5 Å². The molecule has 1 rings (SSSR count). The molecule has 17 heavy (non-hydrogen) atoms. The minimum atomic E-state index is 0.739. The molecule has 0 unspecified atom stereocenters. The Labute approximate surface area is 107 Å². The van der Waals surface area contributed by atoms with Gasteiger partial charge in [0.15, 0.2) is 0 Å². The third-order valence-corrected chi connectivity index (χ3v) is 3.83. The predicted molar refractivity (Wildman–Crippen MR) is 73.1 cm³/mol. The summed E-state index contributed by atoms with van der Waals surface area (Å²) in [6.45, 7) is 10.9. The van der Waals surface area contributed by atoms with Gasteiger partial charge in [0.2, 0.25) is 0 Å². The maximum atomic E-state index is 5.52. The molecule has 0 aromatic carbocycles. The van der Waals surface area contributed by atoms with E-state index in [1.807, 2.05) is 0 Å². The summed E-state index contributed by atoms with van der Waals surface area (Å²) in [5.41, 5.74) is 5.41. The molecule has 0 bridgehead atoms. The van der Waals surface area contributed by atoms with Gasteiger partial charge in [-0.15, -0.1) is 0 Å². The molecule has 0 aromatic rings. The molecule has 0 spiro atoms. The van der Waals surface area contributed by atoms with Crippen LogP contribution in [0.4, 0.5) is 0 Å². The highest BCUT2D eigenvalue weighted by Crippen LogP contribution is 2.24. The van der Waals surface area contributed by atoms with Gasteiger partial charge in [0, 0.05) is 19.8 Å². The first-order valence-corrected chi connectivity index (χ1v) is 7.24. The minimum Gasteiger partial charge on any atom is -0.381 e. The Bertz CT molecular complexity index is 177. The van der Waals surface area contributed by atoms with Crippen LogP contribution in [0, 0.1) is 11.8 Å². The Morgan fingerprint density at radius 1 is 1.18 bits per heavy atom. The Hall–Kier alpha value is -0.120. The average Bonchev–Trinajstić information content (AvgIpc) is 2.34. The minimum absolute atomic E-state index is 0.739. The lowest BCUT2D eigenvalue weighted by Gasteiger charge is -2.33. The number of nitrogens with two attached hydrogens (primary N) is 1. The molecule has 0 aliphatic carbocycles. The van der Waals surface area contributed by atoms with Crippen molar-refractivity contribution in [3.63, 3.8) is 0 Å². The van der Waals surface area contributed by atoms with Crippen LogP contribution in [0.5, 0.6) is 0 Å². The van der Waals surface area contributed by atoms with Crippen molar-refractivity contribution in [1.29, 1.82) is 0 Å². The van der Waals surface area contributed by atoms with Crippen molar-refractivity contribution in [3.05, 3.63) is 0 Å². The molecule has 0 saturated carbocycles. The zero-order valence-corrected chi connectivity index (χ0v) is 11.7. The maximum Gasteiger partial charge on any atom is 0.0478 e. The van der Waals surface area contributed by atoms with E-state index in [1.165, 1.54) is 32.5 Å². The van der Waals surface area contributed by atoms with Crippen molar-refractivity contribution in [2.75, 3.05) is 39.4 Å². The molecule has 2 N–H and O–H groups in total. The van der Waals surface area contributed by atoms with Crippen LogP contribution in [0.1, 0.15) is 39.5 Å². The summed E-state index contributed by atoms with van der Waals surface area (Å²) in [4.78, 5) is 2.59. The molecular weight excluding hydrogens is 212 g/mol. The second-order valence-electron chi connectivity index (χ2n) is 5.53. The molecular formula is C14H30N2O. The van der Waals surface area contributed by atoms with Gasteiger partial charge in [-0.1, -0.05) is 13.8 Å². The van der Waals surface area contributed by atoms with Crippen LogP contribution in [0.25, 0.3) is 0 Å². The molecule has 1 heterocycles. The molecule has 1 fully saturated rings. The van der Waals surface area contributed by atoms with E-state index in [0.717, 1.165) is 44.4 Å². The number of likely N-dealkylation sites (tertiary alicyclic amines) is 1. The molecule has 3 nitrogen and oxygen atoms in total. The Morgan fingerprint density at radius 3 is 2.41 bits per heavy atom. The van der Waals surface area contributed by atoms with Crippen molar-refractivity contribution in [3.8, 4) is 0 Å². The molecule has 3 heteroatoms. The molecule has 0 aromatic heterocycles. The van der Waals surface area contributed by atoms with Crippen LogP contribution in [-0.4, -0.2) is 44.3 Å². The monoisotopic (exact) mass is 242 g/mol. The van der Waals surface area contributed by atoms with Gasteiger partial charge >= 0.3 is 0 Å². The first kappa shape index (κ1) is 14.9. The van der Waals surface area contributed by atoms with Crippen LogP contribution in [0.2, 0.25) is 0 Å². The van der Waals surface area contributed by atoms with E-state index >= 15 is 0 Å². The van der Waals surface area contributed by atoms with Crippen LogP contribution in [0.3, 0.4) is 0 Å². The second kappa shape index (κ2) is 8.90. The Morgan fingerprint density at radius 2 is 1.82 bits per heavy atom. The fourth-order valence-electron chi connectivity index (χ4n) is 2.52. The highest BCUT2D eigenvalue weighted by Gasteiger charge is 2.20. The molecule has 102 valence electrons. The van der Waals surface area contributed by atoms with E-state index in [4.69, 9.17) is 10.5 Å². The van der Waals surface area contributed by atoms with Crippen LogP contribution < -0.4 is 5.73 Å². The highest BCUT2D eigenvalue weighted by molar-refractivity contribution is 4.74. The third kappa shape index (κ3) is 6.39. The van der Waals surface area contributed by atoms with Gasteiger partial charge in [-0.05, 0) is 57.2 Å². The summed E-state index contributed by atoms with van der Waals surface area (Å²) < 4.78 is 5.52. The summed E-state index contributed by atoms with van der Waals surface area (Å²) in [6.07, 6.45) is 4.91. The number of nitrogens with zero attached hydrogens (tertiary/aromatic N) is 1. The summed E-state index contributed by atoms with van der Waals surface area (Å²) in [6, 6.07) is 0. The quantitative estimate of drug-likeness (QED) is 0.663. The molecule has 0 atom stereocenters. The van der Waals surface area contributed by atoms with Crippen LogP contribution >= 0.6 is 0 Å². The maximum absolute atomic E-state index is 5.52. The van der Waals surface area contributed by atoms with Crippen molar-refractivity contribution < 1.29 is 4.74 Å². The lowest BCUT2D eigenvalue weighted by Crippen LogP contribution is -2.36. The number of ether oxygens (including phenoxy) is 1. The number of piperidine rings is 1. The third-order valence-electron chi connectivity index (χ3n) is 3.83. The molecule has 1 aliphatic heterocycles. The van der Waals surface area contributed by atoms with E-state index in [1.54, 1.807) is 0 Å². The fraction of sp³-hybridized carbons (Fsp3) is 1.00. The van der Waals surface area contributed by atoms with Crippen molar-refractivity contribution in [2.24, 2.45) is 17.6 Å². The average molecular weight is 242 g/mol. The van der Waals surface area contributed by atoms with Gasteiger partial charge in [0.25, 0.3) is 0 Å². The van der Waals surface area contributed by atoms with Crippen LogP contribution in [-0.2, 0) is 4.74 Å². The van der Waals surface area contributed by atoms with E-state index in [9.17, 15) is 0 Å². The largest absolute Gasteiger partial charge is 0.381 e. The number of hydrogen-bond acceptors (Lipinski definition) is 3. The fourth-order valence-corrected chi connectivity index (χ4v) is 2.52. The first-order chi connectivity index (χ1) is 8.24. The smallest absolute Gasteiger partial charge is 0.0478 e. The summed E-state index contributed by atoms with van der Waals surface area (Å²) in [7, 11) is 0. The highest BCUT2D eigenvalue weighted by atomic mass is 16.5. The SMILES string of the molecule is CC(C)C1CCN(CCCOCCCN)CC1. The second-order valence-corrected chi connectivity index (χ2v) is 5.53. The molecule has 1 aliphatic rings. The van der Waals surface area contributed by atoms with Gasteiger partial charge in [-0.3, -0.25) is 0 Å². The number of hydrogen-bond donors (Lipinski definition) is 1. The van der Waals surface area contributed by atoms with Crippen molar-refractivity contribution >= 4 is 0 Å². The summed E-state index contributed by atoms with van der Waals surface area (Å²) in [5, 5.41) is 0. The molecule has 0 amide bonds. The van der Waals surface area contributed by atoms with Gasteiger partial charge in [-0.2, -0.15) is 0 Å². The topological polar surface area (TPSA) is 38.5 Å². The molecule has 0 radical (unpaired) electrons. The zero-order valence-electron chi connectivity index (χ0n) is 11.7. The number of rotatable bonds is 8. The lowest BCUT2D eigenvalue weighted by molar-refractivity contribution is 0.106. The summed E-state index contributed by atoms with van der Waals surface area (Å²) in [5.74, 6) is 1.81. The molecule has 1 saturated heterocycles. The van der Waals surface area contributed by atoms with Gasteiger partial charge in [0.05, 0.1) is 0 Å². The predicted octanol–water partition coefficient (Wildman–Crippen LogP) is 2.11. The van der Waals surface area contributed by atoms with E-state index in [-0.39, 0.29) is 0 Å². The summed E-state index contributed by atoms with van der Waals surface area (Å²) >= 11 is 0. The standard InChI is InChI=1S/C14H30N2O/c1-13(2)14-5-9-16(10-6-14)8-4-12-17-11-3-7-15/h13-14H,3-12,15H2,1-2H3. The van der Waals surface area contributed by atoms with Crippen LogP contribution in [0.15, 0.2) is 0 Å². The normalized spacial score (nSPS) is 19.1. The van der Waals surface area contributed by atoms with E-state index in [0.29, 0.717) is 0 Å². The first-order valence-electron chi connectivity index (χ1n) is 7.24. The van der Waals surface area contributed by atoms with Gasteiger partial charge < -0.3 is 15.4 Å².